The second kappa shape index (κ2) is 5.82. The lowest BCUT2D eigenvalue weighted by Gasteiger charge is -2.13. The van der Waals surface area contributed by atoms with Gasteiger partial charge in [-0.2, -0.15) is 0 Å². The topological polar surface area (TPSA) is 105 Å². The van der Waals surface area contributed by atoms with Crippen LogP contribution in [0.25, 0.3) is 0 Å². The van der Waals surface area contributed by atoms with Gasteiger partial charge in [0, 0.05) is 6.54 Å². The highest BCUT2D eigenvalue weighted by Crippen LogP contribution is 2.22. The molecule has 1 amide bonds. The van der Waals surface area contributed by atoms with Crippen LogP contribution in [0, 0.1) is 12.3 Å². The van der Waals surface area contributed by atoms with Crippen LogP contribution in [0.5, 0.6) is 0 Å². The number of rotatable bonds is 4. The molecule has 1 aliphatic heterocycles. The van der Waals surface area contributed by atoms with Crippen molar-refractivity contribution in [3.05, 3.63) is 0 Å². The van der Waals surface area contributed by atoms with Gasteiger partial charge in [0.05, 0.1) is 25.2 Å². The number of hydrogen-bond donors (Lipinski definition) is 4. The van der Waals surface area contributed by atoms with Crippen LogP contribution in [-0.2, 0) is 9.53 Å². The Balaban J connectivity index is 2.44. The molecule has 1 aliphatic rings. The lowest BCUT2D eigenvalue weighted by molar-refractivity contribution is -0.124. The first-order chi connectivity index (χ1) is 7.60. The van der Waals surface area contributed by atoms with Crippen LogP contribution in [0.2, 0.25) is 0 Å². The summed E-state index contributed by atoms with van der Waals surface area (Å²) >= 11 is 0. The summed E-state index contributed by atoms with van der Waals surface area (Å²) in [5.74, 6) is 1.93. The van der Waals surface area contributed by atoms with E-state index in [4.69, 9.17) is 16.9 Å². The van der Waals surface area contributed by atoms with Crippen molar-refractivity contribution in [1.82, 2.24) is 5.32 Å². The fourth-order valence-electron chi connectivity index (χ4n) is 1.59. The van der Waals surface area contributed by atoms with E-state index in [-0.39, 0.29) is 25.4 Å². The van der Waals surface area contributed by atoms with Crippen molar-refractivity contribution in [3.8, 4) is 12.3 Å². The van der Waals surface area contributed by atoms with E-state index in [2.05, 4.69) is 11.2 Å². The minimum atomic E-state index is -1.09. The summed E-state index contributed by atoms with van der Waals surface area (Å²) in [7, 11) is 0. The molecular formula is C10H16N2O4. The van der Waals surface area contributed by atoms with Gasteiger partial charge in [-0.1, -0.05) is 5.92 Å². The first-order valence-electron chi connectivity index (χ1n) is 5.02. The van der Waals surface area contributed by atoms with Crippen LogP contribution in [-0.4, -0.2) is 53.6 Å². The molecule has 4 unspecified atom stereocenters. The average Bonchev–Trinajstić information content (AvgIpc) is 2.54. The van der Waals surface area contributed by atoms with Gasteiger partial charge in [-0.25, -0.2) is 0 Å². The third-order valence-electron chi connectivity index (χ3n) is 2.47. The molecule has 0 aromatic carbocycles. The van der Waals surface area contributed by atoms with Crippen molar-refractivity contribution in [2.45, 2.75) is 30.8 Å². The van der Waals surface area contributed by atoms with E-state index in [9.17, 15) is 15.0 Å². The lowest BCUT2D eigenvalue weighted by Crippen LogP contribution is -2.37. The molecule has 5 N–H and O–H groups in total. The maximum atomic E-state index is 11.3. The molecule has 1 fully saturated rings. The average molecular weight is 228 g/mol. The largest absolute Gasteiger partial charge is 0.388 e. The van der Waals surface area contributed by atoms with Crippen LogP contribution in [0.1, 0.15) is 6.42 Å². The number of aliphatic hydroxyl groups is 2. The van der Waals surface area contributed by atoms with Crippen molar-refractivity contribution in [3.63, 3.8) is 0 Å². The molecule has 6 nitrogen and oxygen atoms in total. The van der Waals surface area contributed by atoms with E-state index in [1.807, 2.05) is 0 Å². The van der Waals surface area contributed by atoms with Crippen LogP contribution in [0.3, 0.4) is 0 Å². The van der Waals surface area contributed by atoms with Gasteiger partial charge in [0.1, 0.15) is 12.2 Å². The van der Waals surface area contributed by atoms with Gasteiger partial charge in [-0.05, 0) is 0 Å². The second-order valence-electron chi connectivity index (χ2n) is 3.61. The smallest absolute Gasteiger partial charge is 0.223 e. The van der Waals surface area contributed by atoms with Gasteiger partial charge >= 0.3 is 0 Å². The highest BCUT2D eigenvalue weighted by atomic mass is 16.5. The zero-order valence-corrected chi connectivity index (χ0v) is 8.80. The molecule has 0 radical (unpaired) electrons. The molecule has 1 saturated heterocycles. The van der Waals surface area contributed by atoms with E-state index in [1.165, 1.54) is 0 Å². The number of carbonyl (C=O) groups excluding carboxylic acids is 1. The fraction of sp³-hybridized carbons (Fsp3) is 0.700. The van der Waals surface area contributed by atoms with Crippen molar-refractivity contribution >= 4 is 5.91 Å². The van der Waals surface area contributed by atoms with Crippen LogP contribution in [0.4, 0.5) is 0 Å². The summed E-state index contributed by atoms with van der Waals surface area (Å²) in [5.41, 5.74) is 5.34. The van der Waals surface area contributed by atoms with E-state index in [0.29, 0.717) is 0 Å². The Bertz CT molecular complexity index is 289. The van der Waals surface area contributed by atoms with E-state index in [0.717, 1.165) is 0 Å². The Morgan fingerprint density at radius 2 is 2.06 bits per heavy atom. The maximum absolute atomic E-state index is 11.3. The van der Waals surface area contributed by atoms with Crippen molar-refractivity contribution in [1.29, 1.82) is 0 Å². The summed E-state index contributed by atoms with van der Waals surface area (Å²) < 4.78 is 5.25. The molecule has 0 saturated carbocycles. The molecule has 0 aromatic rings. The number of carbonyl (C=O) groups is 1. The molecule has 0 spiro atoms. The molecular weight excluding hydrogens is 212 g/mol. The third-order valence-corrected chi connectivity index (χ3v) is 2.47. The molecule has 90 valence electrons. The summed E-state index contributed by atoms with van der Waals surface area (Å²) in [4.78, 5) is 11.3. The SMILES string of the molecule is C#CCNC(=O)CC1OC(CN)C(O)C1O. The van der Waals surface area contributed by atoms with Crippen LogP contribution >= 0.6 is 0 Å². The lowest BCUT2D eigenvalue weighted by atomic mass is 10.1. The fourth-order valence-corrected chi connectivity index (χ4v) is 1.59. The van der Waals surface area contributed by atoms with E-state index >= 15 is 0 Å². The molecule has 1 heterocycles. The number of amides is 1. The zero-order valence-electron chi connectivity index (χ0n) is 8.80. The number of hydrogen-bond acceptors (Lipinski definition) is 5. The van der Waals surface area contributed by atoms with Crippen molar-refractivity contribution in [2.75, 3.05) is 13.1 Å². The van der Waals surface area contributed by atoms with Gasteiger partial charge in [0.2, 0.25) is 5.91 Å². The Labute approximate surface area is 93.8 Å². The molecule has 6 heteroatoms. The van der Waals surface area contributed by atoms with Gasteiger partial charge in [0.25, 0.3) is 0 Å². The number of terminal acetylenes is 1. The van der Waals surface area contributed by atoms with Gasteiger partial charge < -0.3 is 26.0 Å². The number of nitrogens with two attached hydrogens (primary N) is 1. The van der Waals surface area contributed by atoms with Gasteiger partial charge in [0.15, 0.2) is 0 Å². The number of nitrogens with one attached hydrogen (secondary N) is 1. The second-order valence-corrected chi connectivity index (χ2v) is 3.61. The standard InChI is InChI=1S/C10H16N2O4/c1-2-3-12-8(13)4-6-9(14)10(15)7(5-11)16-6/h1,6-7,9-10,14-15H,3-5,11H2,(H,12,13). The molecule has 0 bridgehead atoms. The minimum Gasteiger partial charge on any atom is -0.388 e. The quantitative estimate of drug-likeness (QED) is 0.401. The van der Waals surface area contributed by atoms with Crippen LogP contribution in [0.15, 0.2) is 0 Å². The molecule has 16 heavy (non-hydrogen) atoms. The van der Waals surface area contributed by atoms with E-state index in [1.54, 1.807) is 0 Å². The summed E-state index contributed by atoms with van der Waals surface area (Å²) in [6.45, 7) is 0.227. The van der Waals surface area contributed by atoms with Gasteiger partial charge in [-0.3, -0.25) is 4.79 Å². The maximum Gasteiger partial charge on any atom is 0.223 e. The first-order valence-corrected chi connectivity index (χ1v) is 5.02. The Morgan fingerprint density at radius 3 is 2.56 bits per heavy atom. The monoisotopic (exact) mass is 228 g/mol. The predicted molar refractivity (Wildman–Crippen MR) is 56.2 cm³/mol. The molecule has 4 atom stereocenters. The normalized spacial score (nSPS) is 33.4. The minimum absolute atomic E-state index is 0.0452. The summed E-state index contributed by atoms with van der Waals surface area (Å²) in [6, 6.07) is 0. The Hall–Kier alpha value is -1.13. The third kappa shape index (κ3) is 2.93. The first kappa shape index (κ1) is 12.9. The van der Waals surface area contributed by atoms with Crippen LogP contribution < -0.4 is 11.1 Å². The molecule has 1 rings (SSSR count). The summed E-state index contributed by atoms with van der Waals surface area (Å²) in [6.07, 6.45) is 1.43. The number of ether oxygens (including phenoxy) is 1. The highest BCUT2D eigenvalue weighted by molar-refractivity contribution is 5.76. The van der Waals surface area contributed by atoms with Crippen molar-refractivity contribution < 1.29 is 19.7 Å². The molecule has 0 aliphatic carbocycles. The Kier molecular flexibility index (Phi) is 4.71. The molecule has 0 aromatic heterocycles. The van der Waals surface area contributed by atoms with E-state index < -0.39 is 24.4 Å². The zero-order chi connectivity index (χ0) is 12.1. The number of aliphatic hydroxyl groups excluding tert-OH is 2. The Morgan fingerprint density at radius 1 is 1.44 bits per heavy atom. The highest BCUT2D eigenvalue weighted by Gasteiger charge is 2.42. The van der Waals surface area contributed by atoms with Crippen molar-refractivity contribution in [2.24, 2.45) is 5.73 Å². The predicted octanol–water partition coefficient (Wildman–Crippen LogP) is -2.43. The van der Waals surface area contributed by atoms with Gasteiger partial charge in [-0.15, -0.1) is 6.42 Å². The summed E-state index contributed by atoms with van der Waals surface area (Å²) in [5, 5.41) is 21.5.